The van der Waals surface area contributed by atoms with Gasteiger partial charge in [0.15, 0.2) is 0 Å². The van der Waals surface area contributed by atoms with E-state index in [-0.39, 0.29) is 30.3 Å². The monoisotopic (exact) mass is 419 g/mol. The molecule has 0 fully saturated rings. The van der Waals surface area contributed by atoms with Gasteiger partial charge in [-0.05, 0) is 6.07 Å². The number of nitrogens with zero attached hydrogens (tertiary/aromatic N) is 1. The van der Waals surface area contributed by atoms with Crippen molar-refractivity contribution in [1.29, 1.82) is 0 Å². The molecule has 0 aliphatic rings. The SMILES string of the molecule is CC.NC(=O)c1[nH]c2ccccc2c1S(=O)(=O)N(CCO)CCBr. The van der Waals surface area contributed by atoms with E-state index in [1.165, 1.54) is 0 Å². The molecule has 0 saturated heterocycles. The lowest BCUT2D eigenvalue weighted by Crippen LogP contribution is -2.36. The lowest BCUT2D eigenvalue weighted by Gasteiger charge is -2.20. The summed E-state index contributed by atoms with van der Waals surface area (Å²) in [5, 5.41) is 9.90. The topological polar surface area (TPSA) is 116 Å². The zero-order chi connectivity index (χ0) is 18.3. The highest BCUT2D eigenvalue weighted by atomic mass is 79.9. The molecular formula is C15H22BrN3O4S. The summed E-state index contributed by atoms with van der Waals surface area (Å²) in [5.74, 6) is -0.849. The number of nitrogens with one attached hydrogen (secondary N) is 1. The number of amides is 1. The summed E-state index contributed by atoms with van der Waals surface area (Å²) in [7, 11) is -3.97. The van der Waals surface area contributed by atoms with E-state index in [2.05, 4.69) is 20.9 Å². The van der Waals surface area contributed by atoms with Crippen LogP contribution in [0.4, 0.5) is 0 Å². The van der Waals surface area contributed by atoms with Crippen LogP contribution in [0.1, 0.15) is 24.3 Å². The maximum absolute atomic E-state index is 12.9. The lowest BCUT2D eigenvalue weighted by atomic mass is 10.2. The molecule has 0 radical (unpaired) electrons. The number of aliphatic hydroxyl groups is 1. The largest absolute Gasteiger partial charge is 0.395 e. The van der Waals surface area contributed by atoms with Crippen LogP contribution < -0.4 is 5.73 Å². The molecule has 0 bridgehead atoms. The highest BCUT2D eigenvalue weighted by molar-refractivity contribution is 9.09. The van der Waals surface area contributed by atoms with Crippen LogP contribution in [0, 0.1) is 0 Å². The number of hydrogen-bond donors (Lipinski definition) is 3. The molecule has 0 atom stereocenters. The Morgan fingerprint density at radius 1 is 1.29 bits per heavy atom. The number of para-hydroxylation sites is 1. The number of sulfonamides is 1. The molecule has 2 aromatic rings. The van der Waals surface area contributed by atoms with E-state index >= 15 is 0 Å². The Labute approximate surface area is 150 Å². The lowest BCUT2D eigenvalue weighted by molar-refractivity contribution is 0.0993. The molecule has 7 nitrogen and oxygen atoms in total. The number of aromatic amines is 1. The first-order valence-electron chi connectivity index (χ1n) is 7.51. The molecule has 0 unspecified atom stereocenters. The van der Waals surface area contributed by atoms with Crippen molar-refractivity contribution in [2.75, 3.05) is 25.0 Å². The number of alkyl halides is 1. The zero-order valence-corrected chi connectivity index (χ0v) is 16.0. The normalized spacial score (nSPS) is 11.4. The van der Waals surface area contributed by atoms with E-state index in [1.807, 2.05) is 13.8 Å². The smallest absolute Gasteiger partial charge is 0.266 e. The second-order valence-corrected chi connectivity index (χ2v) is 7.22. The molecule has 1 aromatic heterocycles. The molecule has 2 rings (SSSR count). The molecule has 9 heteroatoms. The first-order valence-corrected chi connectivity index (χ1v) is 10.1. The number of hydrogen-bond acceptors (Lipinski definition) is 4. The van der Waals surface area contributed by atoms with Crippen LogP contribution in [0.2, 0.25) is 0 Å². The number of primary amides is 1. The Morgan fingerprint density at radius 2 is 1.92 bits per heavy atom. The van der Waals surface area contributed by atoms with Crippen molar-refractivity contribution in [3.8, 4) is 0 Å². The third-order valence-corrected chi connectivity index (χ3v) is 5.53. The minimum absolute atomic E-state index is 0.0638. The van der Waals surface area contributed by atoms with Crippen LogP contribution in [0.3, 0.4) is 0 Å². The zero-order valence-electron chi connectivity index (χ0n) is 13.6. The van der Waals surface area contributed by atoms with Crippen LogP contribution in [0.15, 0.2) is 29.2 Å². The molecule has 0 aliphatic carbocycles. The van der Waals surface area contributed by atoms with Gasteiger partial charge < -0.3 is 15.8 Å². The molecule has 0 aliphatic heterocycles. The summed E-state index contributed by atoms with van der Waals surface area (Å²) < 4.78 is 26.9. The minimum Gasteiger partial charge on any atom is -0.395 e. The van der Waals surface area contributed by atoms with E-state index in [1.54, 1.807) is 24.3 Å². The van der Waals surface area contributed by atoms with E-state index in [0.717, 1.165) is 4.31 Å². The summed E-state index contributed by atoms with van der Waals surface area (Å²) in [6.45, 7) is 3.78. The number of halogens is 1. The summed E-state index contributed by atoms with van der Waals surface area (Å²) in [6.07, 6.45) is 0. The number of H-pyrrole nitrogens is 1. The Morgan fingerprint density at radius 3 is 2.46 bits per heavy atom. The molecule has 4 N–H and O–H groups in total. The maximum atomic E-state index is 12.9. The van der Waals surface area contributed by atoms with E-state index in [4.69, 9.17) is 10.8 Å². The molecule has 134 valence electrons. The summed E-state index contributed by atoms with van der Waals surface area (Å²) >= 11 is 3.19. The average Bonchev–Trinajstić information content (AvgIpc) is 2.97. The standard InChI is InChI=1S/C13H16BrN3O4S.C2H6/c14-5-6-17(7-8-18)22(20,21)12-9-3-1-2-4-10(9)16-11(12)13(15)19;1-2/h1-4,16,18H,5-8H2,(H2,15,19);1-2H3. The van der Waals surface area contributed by atoms with Gasteiger partial charge in [0.1, 0.15) is 10.6 Å². The van der Waals surface area contributed by atoms with Crippen molar-refractivity contribution in [1.82, 2.24) is 9.29 Å². The van der Waals surface area contributed by atoms with Crippen LogP contribution in [0.5, 0.6) is 0 Å². The van der Waals surface area contributed by atoms with Crippen LogP contribution >= 0.6 is 15.9 Å². The molecule has 1 aromatic carbocycles. The average molecular weight is 420 g/mol. The number of fused-ring (bicyclic) bond motifs is 1. The second kappa shape index (κ2) is 9.16. The first kappa shape index (κ1) is 20.6. The number of aromatic nitrogens is 1. The molecule has 0 saturated carbocycles. The first-order chi connectivity index (χ1) is 11.4. The Hall–Kier alpha value is -1.42. The van der Waals surface area contributed by atoms with Gasteiger partial charge in [-0.1, -0.05) is 48.0 Å². The minimum atomic E-state index is -3.97. The van der Waals surface area contributed by atoms with Gasteiger partial charge in [0.2, 0.25) is 10.0 Å². The van der Waals surface area contributed by atoms with E-state index in [0.29, 0.717) is 16.2 Å². The van der Waals surface area contributed by atoms with Gasteiger partial charge in [-0.3, -0.25) is 4.79 Å². The van der Waals surface area contributed by atoms with Crippen LogP contribution in [0.25, 0.3) is 10.9 Å². The van der Waals surface area contributed by atoms with Gasteiger partial charge in [-0.2, -0.15) is 4.31 Å². The highest BCUT2D eigenvalue weighted by Crippen LogP contribution is 2.29. The number of carbonyl (C=O) groups excluding carboxylic acids is 1. The van der Waals surface area contributed by atoms with Crippen molar-refractivity contribution in [2.24, 2.45) is 5.73 Å². The third kappa shape index (κ3) is 4.15. The van der Waals surface area contributed by atoms with Gasteiger partial charge in [0.05, 0.1) is 6.61 Å². The fraction of sp³-hybridized carbons (Fsp3) is 0.400. The van der Waals surface area contributed by atoms with Gasteiger partial charge in [0, 0.05) is 29.3 Å². The predicted octanol–water partition coefficient (Wildman–Crippen LogP) is 1.67. The van der Waals surface area contributed by atoms with Crippen molar-refractivity contribution in [2.45, 2.75) is 18.7 Å². The summed E-state index contributed by atoms with van der Waals surface area (Å²) in [6, 6.07) is 6.68. The van der Waals surface area contributed by atoms with Crippen molar-refractivity contribution < 1.29 is 18.3 Å². The van der Waals surface area contributed by atoms with Gasteiger partial charge >= 0.3 is 0 Å². The molecule has 24 heavy (non-hydrogen) atoms. The fourth-order valence-corrected chi connectivity index (χ4v) is 4.68. The van der Waals surface area contributed by atoms with E-state index in [9.17, 15) is 13.2 Å². The predicted molar refractivity (Wildman–Crippen MR) is 97.8 cm³/mol. The van der Waals surface area contributed by atoms with Crippen LogP contribution in [-0.4, -0.2) is 53.7 Å². The van der Waals surface area contributed by atoms with E-state index < -0.39 is 15.9 Å². The molecule has 0 spiro atoms. The Kier molecular flexibility index (Phi) is 7.88. The fourth-order valence-electron chi connectivity index (χ4n) is 2.24. The van der Waals surface area contributed by atoms with Gasteiger partial charge in [-0.25, -0.2) is 8.42 Å². The quantitative estimate of drug-likeness (QED) is 0.591. The van der Waals surface area contributed by atoms with Crippen LogP contribution in [-0.2, 0) is 10.0 Å². The summed E-state index contributed by atoms with van der Waals surface area (Å²) in [4.78, 5) is 14.2. The van der Waals surface area contributed by atoms with Gasteiger partial charge in [0.25, 0.3) is 5.91 Å². The van der Waals surface area contributed by atoms with Crippen molar-refractivity contribution in [3.63, 3.8) is 0 Å². The number of benzene rings is 1. The highest BCUT2D eigenvalue weighted by Gasteiger charge is 2.31. The maximum Gasteiger partial charge on any atom is 0.266 e. The summed E-state index contributed by atoms with van der Waals surface area (Å²) in [5.41, 5.74) is 5.67. The van der Waals surface area contributed by atoms with Crippen molar-refractivity contribution in [3.05, 3.63) is 30.0 Å². The number of nitrogens with two attached hydrogens (primary N) is 1. The Bertz CT molecular complexity index is 783. The Balaban J connectivity index is 0.00000139. The third-order valence-electron chi connectivity index (χ3n) is 3.19. The van der Waals surface area contributed by atoms with Gasteiger partial charge in [-0.15, -0.1) is 0 Å². The van der Waals surface area contributed by atoms with Crippen molar-refractivity contribution >= 4 is 42.8 Å². The molecule has 1 amide bonds. The number of aliphatic hydroxyl groups excluding tert-OH is 1. The number of rotatable bonds is 7. The molecule has 1 heterocycles. The second-order valence-electron chi connectivity index (χ2n) is 4.56. The molecular weight excluding hydrogens is 398 g/mol. The number of carbonyl (C=O) groups is 1.